The van der Waals surface area contributed by atoms with Crippen molar-refractivity contribution in [3.05, 3.63) is 41.0 Å². The van der Waals surface area contributed by atoms with Crippen LogP contribution in [0.15, 0.2) is 29.8 Å². The molecule has 0 radical (unpaired) electrons. The third-order valence-electron chi connectivity index (χ3n) is 5.02. The molecule has 0 spiro atoms. The molecular formula is C20H26N4O2S. The Morgan fingerprint density at radius 1 is 1.37 bits per heavy atom. The lowest BCUT2D eigenvalue weighted by atomic mass is 10.1. The molecule has 1 aliphatic heterocycles. The van der Waals surface area contributed by atoms with Crippen molar-refractivity contribution in [2.45, 2.75) is 51.7 Å². The van der Waals surface area contributed by atoms with Gasteiger partial charge in [0, 0.05) is 13.1 Å². The Morgan fingerprint density at radius 3 is 2.74 bits per heavy atom. The Kier molecular flexibility index (Phi) is 6.23. The van der Waals surface area contributed by atoms with Crippen LogP contribution in [-0.2, 0) is 16.1 Å². The zero-order valence-corrected chi connectivity index (χ0v) is 16.6. The van der Waals surface area contributed by atoms with E-state index in [0.29, 0.717) is 25.9 Å². The van der Waals surface area contributed by atoms with Crippen molar-refractivity contribution in [1.29, 1.82) is 0 Å². The monoisotopic (exact) mass is 386 g/mol. The van der Waals surface area contributed by atoms with Crippen LogP contribution in [0.4, 0.5) is 0 Å². The summed E-state index contributed by atoms with van der Waals surface area (Å²) in [6, 6.07) is 7.19. The van der Waals surface area contributed by atoms with Gasteiger partial charge in [0.25, 0.3) is 0 Å². The van der Waals surface area contributed by atoms with Gasteiger partial charge in [0.05, 0.1) is 22.1 Å². The number of likely N-dealkylation sites (tertiary alicyclic amines) is 1. The number of aromatic nitrogens is 1. The first kappa shape index (κ1) is 19.5. The van der Waals surface area contributed by atoms with Crippen LogP contribution in [0.3, 0.4) is 0 Å². The Labute approximate surface area is 163 Å². The fourth-order valence-corrected chi connectivity index (χ4v) is 4.16. The lowest BCUT2D eigenvalue weighted by molar-refractivity contribution is -0.139. The largest absolute Gasteiger partial charge is 0.350 e. The van der Waals surface area contributed by atoms with E-state index in [-0.39, 0.29) is 11.8 Å². The van der Waals surface area contributed by atoms with Crippen LogP contribution in [-0.4, -0.2) is 40.3 Å². The lowest BCUT2D eigenvalue weighted by Gasteiger charge is -2.26. The molecule has 3 rings (SSSR count). The third kappa shape index (κ3) is 4.36. The average molecular weight is 387 g/mol. The minimum Gasteiger partial charge on any atom is -0.350 e. The summed E-state index contributed by atoms with van der Waals surface area (Å²) in [5, 5.41) is 2.96. The maximum atomic E-state index is 12.6. The highest BCUT2D eigenvalue weighted by Crippen LogP contribution is 2.27. The Balaban J connectivity index is 1.59. The molecule has 1 aliphatic rings. The van der Waals surface area contributed by atoms with Gasteiger partial charge in [-0.3, -0.25) is 9.59 Å². The zero-order valence-electron chi connectivity index (χ0n) is 15.8. The third-order valence-corrected chi connectivity index (χ3v) is 6.00. The van der Waals surface area contributed by atoms with Crippen LogP contribution in [0.5, 0.6) is 0 Å². The lowest BCUT2D eigenvalue weighted by Crippen LogP contribution is -2.50. The molecule has 6 nitrogen and oxygen atoms in total. The van der Waals surface area contributed by atoms with Gasteiger partial charge >= 0.3 is 0 Å². The molecule has 2 unspecified atom stereocenters. The fraction of sp³-hybridized carbons (Fsp3) is 0.450. The maximum Gasteiger partial charge on any atom is 0.243 e. The van der Waals surface area contributed by atoms with Gasteiger partial charge in [-0.2, -0.15) is 0 Å². The number of nitrogens with one attached hydrogen (secondary N) is 1. The second-order valence-corrected chi connectivity index (χ2v) is 7.74. The van der Waals surface area contributed by atoms with E-state index in [0.717, 1.165) is 28.1 Å². The molecule has 1 fully saturated rings. The van der Waals surface area contributed by atoms with Gasteiger partial charge in [0.1, 0.15) is 6.04 Å². The highest BCUT2D eigenvalue weighted by molar-refractivity contribution is 7.13. The molecule has 2 heterocycles. The van der Waals surface area contributed by atoms with Gasteiger partial charge in [-0.1, -0.05) is 31.2 Å². The SMILES string of the molecule is CCC(N)C(=O)N1CCCC1C(=O)NCc1ccc(-c2scnc2C)cc1. The van der Waals surface area contributed by atoms with Gasteiger partial charge in [0.2, 0.25) is 11.8 Å². The number of thiazole rings is 1. The van der Waals surface area contributed by atoms with Crippen LogP contribution < -0.4 is 11.1 Å². The smallest absolute Gasteiger partial charge is 0.243 e. The molecule has 144 valence electrons. The van der Waals surface area contributed by atoms with Crippen molar-refractivity contribution >= 4 is 23.2 Å². The van der Waals surface area contributed by atoms with Crippen LogP contribution in [0.2, 0.25) is 0 Å². The molecule has 2 atom stereocenters. The van der Waals surface area contributed by atoms with E-state index in [1.807, 2.05) is 43.6 Å². The summed E-state index contributed by atoms with van der Waals surface area (Å²) in [5.41, 5.74) is 10.9. The van der Waals surface area contributed by atoms with Gasteiger partial charge < -0.3 is 16.0 Å². The summed E-state index contributed by atoms with van der Waals surface area (Å²) < 4.78 is 0. The van der Waals surface area contributed by atoms with Crippen molar-refractivity contribution in [2.75, 3.05) is 6.54 Å². The number of carbonyl (C=O) groups excluding carboxylic acids is 2. The standard InChI is InChI=1S/C20H26N4O2S/c1-3-16(21)20(26)24-10-4-5-17(24)19(25)22-11-14-6-8-15(9-7-14)18-13(2)23-12-27-18/h6-9,12,16-17H,3-5,10-11,21H2,1-2H3,(H,22,25). The van der Waals surface area contributed by atoms with E-state index in [1.165, 1.54) is 0 Å². The molecule has 1 saturated heterocycles. The van der Waals surface area contributed by atoms with Crippen molar-refractivity contribution in [1.82, 2.24) is 15.2 Å². The molecule has 2 aromatic rings. The predicted octanol–water partition coefficient (Wildman–Crippen LogP) is 2.46. The molecule has 0 bridgehead atoms. The minimum atomic E-state index is -0.527. The van der Waals surface area contributed by atoms with E-state index in [1.54, 1.807) is 16.2 Å². The summed E-state index contributed by atoms with van der Waals surface area (Å²) in [4.78, 5) is 32.0. The Morgan fingerprint density at radius 2 is 2.11 bits per heavy atom. The van der Waals surface area contributed by atoms with E-state index in [9.17, 15) is 9.59 Å². The first-order valence-corrected chi connectivity index (χ1v) is 10.2. The first-order chi connectivity index (χ1) is 13.0. The first-order valence-electron chi connectivity index (χ1n) is 9.34. The molecular weight excluding hydrogens is 360 g/mol. The molecule has 7 heteroatoms. The average Bonchev–Trinajstić information content (AvgIpc) is 3.34. The number of nitrogens with two attached hydrogens (primary N) is 1. The number of hydrogen-bond donors (Lipinski definition) is 2. The van der Waals surface area contributed by atoms with E-state index in [2.05, 4.69) is 10.3 Å². The van der Waals surface area contributed by atoms with E-state index in [4.69, 9.17) is 5.73 Å². The highest BCUT2D eigenvalue weighted by atomic mass is 32.1. The number of rotatable bonds is 6. The topological polar surface area (TPSA) is 88.3 Å². The predicted molar refractivity (Wildman–Crippen MR) is 107 cm³/mol. The second-order valence-electron chi connectivity index (χ2n) is 6.89. The van der Waals surface area contributed by atoms with E-state index < -0.39 is 12.1 Å². The highest BCUT2D eigenvalue weighted by Gasteiger charge is 2.35. The van der Waals surface area contributed by atoms with Crippen molar-refractivity contribution in [2.24, 2.45) is 5.73 Å². The summed E-state index contributed by atoms with van der Waals surface area (Å²) in [5.74, 6) is -0.231. The Bertz CT molecular complexity index is 803. The fourth-order valence-electron chi connectivity index (χ4n) is 3.35. The van der Waals surface area contributed by atoms with Crippen LogP contribution >= 0.6 is 11.3 Å². The zero-order chi connectivity index (χ0) is 19.4. The molecule has 0 aliphatic carbocycles. The van der Waals surface area contributed by atoms with Gasteiger partial charge in [-0.15, -0.1) is 11.3 Å². The summed E-state index contributed by atoms with van der Waals surface area (Å²) in [6.07, 6.45) is 2.11. The van der Waals surface area contributed by atoms with Gasteiger partial charge in [-0.05, 0) is 37.3 Å². The molecule has 3 N–H and O–H groups in total. The van der Waals surface area contributed by atoms with Gasteiger partial charge in [-0.25, -0.2) is 4.98 Å². The number of nitrogens with zero attached hydrogens (tertiary/aromatic N) is 2. The molecule has 2 amide bonds. The summed E-state index contributed by atoms with van der Waals surface area (Å²) >= 11 is 1.62. The van der Waals surface area contributed by atoms with Crippen LogP contribution in [0, 0.1) is 6.92 Å². The molecule has 1 aromatic carbocycles. The number of carbonyl (C=O) groups is 2. The quantitative estimate of drug-likeness (QED) is 0.798. The van der Waals surface area contributed by atoms with Crippen LogP contribution in [0.25, 0.3) is 10.4 Å². The van der Waals surface area contributed by atoms with Gasteiger partial charge in [0.15, 0.2) is 0 Å². The van der Waals surface area contributed by atoms with Crippen molar-refractivity contribution in [3.8, 4) is 10.4 Å². The van der Waals surface area contributed by atoms with E-state index >= 15 is 0 Å². The molecule has 27 heavy (non-hydrogen) atoms. The normalized spacial score (nSPS) is 17.7. The number of aryl methyl sites for hydroxylation is 1. The molecule has 1 aromatic heterocycles. The summed E-state index contributed by atoms with van der Waals surface area (Å²) in [6.45, 7) is 4.93. The minimum absolute atomic E-state index is 0.105. The Hall–Kier alpha value is -2.25. The second kappa shape index (κ2) is 8.63. The van der Waals surface area contributed by atoms with Crippen molar-refractivity contribution < 1.29 is 9.59 Å². The maximum absolute atomic E-state index is 12.6. The van der Waals surface area contributed by atoms with Crippen LogP contribution in [0.1, 0.15) is 37.4 Å². The number of hydrogen-bond acceptors (Lipinski definition) is 5. The summed E-state index contributed by atoms with van der Waals surface area (Å²) in [7, 11) is 0. The number of benzene rings is 1. The number of amides is 2. The van der Waals surface area contributed by atoms with Crippen molar-refractivity contribution in [3.63, 3.8) is 0 Å². The molecule has 0 saturated carbocycles.